The van der Waals surface area contributed by atoms with Crippen LogP contribution in [0.1, 0.15) is 19.3 Å². The Balaban J connectivity index is 0.00000208. The van der Waals surface area contributed by atoms with Gasteiger partial charge in [-0.1, -0.05) is 23.2 Å². The maximum absolute atomic E-state index is 12.6. The van der Waals surface area contributed by atoms with Gasteiger partial charge in [-0.15, -0.1) is 12.4 Å². The highest BCUT2D eigenvalue weighted by atomic mass is 35.5. The molecule has 2 amide bonds. The van der Waals surface area contributed by atoms with Gasteiger partial charge in [0.15, 0.2) is 0 Å². The number of piperidine rings is 1. The Morgan fingerprint density at radius 3 is 2.79 bits per heavy atom. The fourth-order valence-electron chi connectivity index (χ4n) is 3.13. The fourth-order valence-corrected chi connectivity index (χ4v) is 3.52. The van der Waals surface area contributed by atoms with Crippen LogP contribution in [0.4, 0.5) is 5.69 Å². The third kappa shape index (κ3) is 4.14. The fraction of sp³-hybridized carbons (Fsp3) is 0.500. The second-order valence-corrected chi connectivity index (χ2v) is 6.82. The predicted molar refractivity (Wildman–Crippen MR) is 98.2 cm³/mol. The lowest BCUT2D eigenvalue weighted by molar-refractivity contribution is -0.132. The minimum absolute atomic E-state index is 0. The van der Waals surface area contributed by atoms with Gasteiger partial charge in [0.25, 0.3) is 0 Å². The monoisotopic (exact) mass is 391 g/mol. The van der Waals surface area contributed by atoms with Crippen LogP contribution in [-0.2, 0) is 9.59 Å². The summed E-state index contributed by atoms with van der Waals surface area (Å²) < 4.78 is 0. The van der Waals surface area contributed by atoms with E-state index < -0.39 is 5.92 Å². The van der Waals surface area contributed by atoms with Gasteiger partial charge in [-0.2, -0.15) is 0 Å². The number of benzene rings is 1. The number of amides is 2. The molecule has 1 aromatic carbocycles. The van der Waals surface area contributed by atoms with Crippen LogP contribution in [-0.4, -0.2) is 37.5 Å². The molecule has 24 heavy (non-hydrogen) atoms. The van der Waals surface area contributed by atoms with Crippen molar-refractivity contribution in [3.8, 4) is 0 Å². The van der Waals surface area contributed by atoms with Crippen molar-refractivity contribution in [2.75, 3.05) is 24.5 Å². The minimum atomic E-state index is -0.646. The summed E-state index contributed by atoms with van der Waals surface area (Å²) >= 11 is 12.2. The molecule has 0 aliphatic carbocycles. The van der Waals surface area contributed by atoms with Crippen molar-refractivity contribution in [2.24, 2.45) is 5.92 Å². The van der Waals surface area contributed by atoms with Gasteiger partial charge in [-0.25, -0.2) is 0 Å². The van der Waals surface area contributed by atoms with E-state index in [0.29, 0.717) is 28.7 Å². The van der Waals surface area contributed by atoms with Crippen LogP contribution in [0.15, 0.2) is 18.2 Å². The van der Waals surface area contributed by atoms with Crippen LogP contribution < -0.4 is 15.5 Å². The van der Waals surface area contributed by atoms with E-state index in [1.54, 1.807) is 23.1 Å². The highest BCUT2D eigenvalue weighted by molar-refractivity contribution is 6.36. The smallest absolute Gasteiger partial charge is 0.239 e. The second kappa shape index (κ2) is 8.39. The molecule has 2 saturated heterocycles. The van der Waals surface area contributed by atoms with Crippen molar-refractivity contribution in [2.45, 2.75) is 25.3 Å². The number of carbonyl (C=O) groups is 2. The Bertz CT molecular complexity index is 621. The van der Waals surface area contributed by atoms with E-state index in [0.717, 1.165) is 25.9 Å². The SMILES string of the molecule is Cl.O=C(N[C@H]1CCCNC1)C1CCN(c2cc(Cl)ccc2Cl)C1=O. The highest BCUT2D eigenvalue weighted by Crippen LogP contribution is 2.33. The highest BCUT2D eigenvalue weighted by Gasteiger charge is 2.39. The van der Waals surface area contributed by atoms with Crippen molar-refractivity contribution in [3.63, 3.8) is 0 Å². The Hall–Kier alpha value is -1.01. The zero-order valence-electron chi connectivity index (χ0n) is 13.1. The lowest BCUT2D eigenvalue weighted by Gasteiger charge is -2.25. The molecular formula is C16H20Cl3N3O2. The molecule has 132 valence electrons. The summed E-state index contributed by atoms with van der Waals surface area (Å²) in [4.78, 5) is 26.6. The normalized spacial score (nSPS) is 23.8. The van der Waals surface area contributed by atoms with Crippen molar-refractivity contribution in [3.05, 3.63) is 28.2 Å². The molecule has 0 spiro atoms. The standard InChI is InChI=1S/C16H19Cl2N3O2.ClH/c17-10-3-4-13(18)14(8-10)21-7-5-12(16(21)23)15(22)20-11-2-1-6-19-9-11;/h3-4,8,11-12,19H,1-2,5-7,9H2,(H,20,22);1H/t11-,12?;/m0./s1. The molecule has 0 bridgehead atoms. The molecular weight excluding hydrogens is 373 g/mol. The molecule has 3 rings (SSSR count). The van der Waals surface area contributed by atoms with Gasteiger partial charge in [0.2, 0.25) is 11.8 Å². The maximum atomic E-state index is 12.6. The third-order valence-corrected chi connectivity index (χ3v) is 4.92. The quantitative estimate of drug-likeness (QED) is 0.777. The molecule has 0 radical (unpaired) electrons. The van der Waals surface area contributed by atoms with Crippen LogP contribution in [0, 0.1) is 5.92 Å². The number of halogens is 3. The van der Waals surface area contributed by atoms with Crippen LogP contribution in [0.2, 0.25) is 10.0 Å². The first-order chi connectivity index (χ1) is 11.1. The number of hydrogen-bond acceptors (Lipinski definition) is 3. The first kappa shape index (κ1) is 19.3. The Labute approximate surface area is 157 Å². The summed E-state index contributed by atoms with van der Waals surface area (Å²) in [6.45, 7) is 2.21. The van der Waals surface area contributed by atoms with Crippen molar-refractivity contribution in [1.82, 2.24) is 10.6 Å². The van der Waals surface area contributed by atoms with E-state index in [1.807, 2.05) is 0 Å². The molecule has 1 unspecified atom stereocenters. The van der Waals surface area contributed by atoms with Gasteiger partial charge in [0.1, 0.15) is 5.92 Å². The summed E-state index contributed by atoms with van der Waals surface area (Å²) in [6, 6.07) is 5.10. The lowest BCUT2D eigenvalue weighted by Crippen LogP contribution is -2.48. The summed E-state index contributed by atoms with van der Waals surface area (Å²) in [7, 11) is 0. The number of nitrogens with zero attached hydrogens (tertiary/aromatic N) is 1. The van der Waals surface area contributed by atoms with Gasteiger partial charge in [-0.05, 0) is 44.0 Å². The van der Waals surface area contributed by atoms with Crippen molar-refractivity contribution in [1.29, 1.82) is 0 Å². The van der Waals surface area contributed by atoms with Gasteiger partial charge < -0.3 is 15.5 Å². The molecule has 0 saturated carbocycles. The second-order valence-electron chi connectivity index (χ2n) is 5.98. The Morgan fingerprint density at radius 2 is 2.08 bits per heavy atom. The van der Waals surface area contributed by atoms with Crippen LogP contribution >= 0.6 is 35.6 Å². The largest absolute Gasteiger partial charge is 0.351 e. The van der Waals surface area contributed by atoms with Gasteiger partial charge in [0, 0.05) is 24.2 Å². The van der Waals surface area contributed by atoms with Gasteiger partial charge in [-0.3, -0.25) is 9.59 Å². The summed E-state index contributed by atoms with van der Waals surface area (Å²) in [5.41, 5.74) is 0.568. The van der Waals surface area contributed by atoms with E-state index >= 15 is 0 Å². The predicted octanol–water partition coefficient (Wildman–Crippen LogP) is 2.64. The lowest BCUT2D eigenvalue weighted by atomic mass is 10.0. The number of hydrogen-bond donors (Lipinski definition) is 2. The number of carbonyl (C=O) groups excluding carboxylic acids is 2. The summed E-state index contributed by atoms with van der Waals surface area (Å²) in [5.74, 6) is -1.05. The van der Waals surface area contributed by atoms with Crippen LogP contribution in [0.25, 0.3) is 0 Å². The van der Waals surface area contributed by atoms with E-state index in [4.69, 9.17) is 23.2 Å². The maximum Gasteiger partial charge on any atom is 0.239 e. The van der Waals surface area contributed by atoms with Gasteiger partial charge in [0.05, 0.1) is 10.7 Å². The van der Waals surface area contributed by atoms with Crippen molar-refractivity contribution >= 4 is 53.1 Å². The molecule has 2 aliphatic heterocycles. The zero-order valence-corrected chi connectivity index (χ0v) is 15.4. The molecule has 8 heteroatoms. The molecule has 2 fully saturated rings. The van der Waals surface area contributed by atoms with Crippen molar-refractivity contribution < 1.29 is 9.59 Å². The summed E-state index contributed by atoms with van der Waals surface area (Å²) in [5, 5.41) is 7.20. The molecule has 2 aliphatic rings. The number of anilines is 1. The average Bonchev–Trinajstić information content (AvgIpc) is 2.92. The minimum Gasteiger partial charge on any atom is -0.351 e. The molecule has 0 aromatic heterocycles. The van der Waals surface area contributed by atoms with E-state index in [2.05, 4.69) is 10.6 Å². The molecule has 5 nitrogen and oxygen atoms in total. The Kier molecular flexibility index (Phi) is 6.75. The zero-order chi connectivity index (χ0) is 16.4. The van der Waals surface area contributed by atoms with Crippen LogP contribution in [0.5, 0.6) is 0 Å². The topological polar surface area (TPSA) is 61.4 Å². The first-order valence-electron chi connectivity index (χ1n) is 7.84. The van der Waals surface area contributed by atoms with Crippen LogP contribution in [0.3, 0.4) is 0 Å². The van der Waals surface area contributed by atoms with E-state index in [-0.39, 0.29) is 30.3 Å². The van der Waals surface area contributed by atoms with E-state index in [1.165, 1.54) is 0 Å². The Morgan fingerprint density at radius 1 is 1.29 bits per heavy atom. The molecule has 2 N–H and O–H groups in total. The first-order valence-corrected chi connectivity index (χ1v) is 8.59. The molecule has 2 atom stereocenters. The summed E-state index contributed by atoms with van der Waals surface area (Å²) in [6.07, 6.45) is 2.48. The molecule has 2 heterocycles. The number of nitrogens with one attached hydrogen (secondary N) is 2. The molecule has 1 aromatic rings. The van der Waals surface area contributed by atoms with E-state index in [9.17, 15) is 9.59 Å². The number of rotatable bonds is 3. The average molecular weight is 393 g/mol. The van der Waals surface area contributed by atoms with Gasteiger partial charge >= 0.3 is 0 Å². The third-order valence-electron chi connectivity index (χ3n) is 4.36.